The number of thiol groups is 2. The van der Waals surface area contributed by atoms with Gasteiger partial charge in [-0.05, 0) is 23.3 Å². The molecule has 0 radical (unpaired) electrons. The summed E-state index contributed by atoms with van der Waals surface area (Å²) in [6.07, 6.45) is 0. The van der Waals surface area contributed by atoms with Gasteiger partial charge in [-0.1, -0.05) is 43.3 Å². The molecule has 2 aromatic carbocycles. The minimum atomic E-state index is 0.322. The van der Waals surface area contributed by atoms with E-state index in [-0.39, 0.29) is 0 Å². The Balaban J connectivity index is 2.44. The van der Waals surface area contributed by atoms with Gasteiger partial charge in [-0.2, -0.15) is 0 Å². The first-order valence-corrected chi connectivity index (χ1v) is 6.15. The van der Waals surface area contributed by atoms with Crippen LogP contribution in [-0.4, -0.2) is 0 Å². The van der Waals surface area contributed by atoms with E-state index in [9.17, 15) is 0 Å². The maximum Gasteiger partial charge on any atom is 0.00829 e. The molecule has 2 heteroatoms. The third kappa shape index (κ3) is 2.28. The number of hydrogen-bond donors (Lipinski definition) is 2. The topological polar surface area (TPSA) is 0 Å². The third-order valence-electron chi connectivity index (χ3n) is 2.81. The van der Waals surface area contributed by atoms with Gasteiger partial charge in [0, 0.05) is 15.7 Å². The van der Waals surface area contributed by atoms with Crippen LogP contribution in [0, 0.1) is 0 Å². The van der Waals surface area contributed by atoms with Gasteiger partial charge in [-0.15, -0.1) is 25.3 Å². The Bertz CT molecular complexity index is 446. The van der Waals surface area contributed by atoms with Crippen molar-refractivity contribution in [2.24, 2.45) is 0 Å². The van der Waals surface area contributed by atoms with Gasteiger partial charge in [0.1, 0.15) is 0 Å². The average molecular weight is 246 g/mol. The van der Waals surface area contributed by atoms with Crippen molar-refractivity contribution in [2.45, 2.75) is 22.6 Å². The van der Waals surface area contributed by atoms with Crippen molar-refractivity contribution in [2.75, 3.05) is 0 Å². The highest BCUT2D eigenvalue weighted by Crippen LogP contribution is 2.31. The molecule has 0 spiro atoms. The summed E-state index contributed by atoms with van der Waals surface area (Å²) in [5.74, 6) is 0.322. The molecule has 0 nitrogen and oxygen atoms in total. The monoisotopic (exact) mass is 246 g/mol. The molecule has 0 aliphatic carbocycles. The van der Waals surface area contributed by atoms with Gasteiger partial charge in [0.25, 0.3) is 0 Å². The normalized spacial score (nSPS) is 10.8. The molecule has 16 heavy (non-hydrogen) atoms. The van der Waals surface area contributed by atoms with Crippen LogP contribution in [-0.2, 0) is 0 Å². The molecule has 82 valence electrons. The standard InChI is InChI=1S/C14H14S2/c1-10(11-6-2-4-8-13(11)15)12-7-3-5-9-14(12)16/h2-10,15-16H,1H3. The van der Waals surface area contributed by atoms with Gasteiger partial charge in [0.15, 0.2) is 0 Å². The van der Waals surface area contributed by atoms with Gasteiger partial charge in [0.05, 0.1) is 0 Å². The average Bonchev–Trinajstić information content (AvgIpc) is 2.29. The summed E-state index contributed by atoms with van der Waals surface area (Å²) in [7, 11) is 0. The smallest absolute Gasteiger partial charge is 0.00829 e. The van der Waals surface area contributed by atoms with E-state index in [1.54, 1.807) is 0 Å². The summed E-state index contributed by atoms with van der Waals surface area (Å²) in [5, 5.41) is 0. The number of rotatable bonds is 2. The third-order valence-corrected chi connectivity index (χ3v) is 3.62. The van der Waals surface area contributed by atoms with E-state index in [0.29, 0.717) is 5.92 Å². The fourth-order valence-corrected chi connectivity index (χ4v) is 2.58. The SMILES string of the molecule is CC(c1ccccc1S)c1ccccc1S. The van der Waals surface area contributed by atoms with Crippen LogP contribution in [0.1, 0.15) is 24.0 Å². The summed E-state index contributed by atoms with van der Waals surface area (Å²) in [4.78, 5) is 2.07. The van der Waals surface area contributed by atoms with E-state index >= 15 is 0 Å². The molecular weight excluding hydrogens is 232 g/mol. The van der Waals surface area contributed by atoms with Gasteiger partial charge in [-0.3, -0.25) is 0 Å². The molecular formula is C14H14S2. The maximum atomic E-state index is 4.50. The van der Waals surface area contributed by atoms with Crippen molar-refractivity contribution in [1.82, 2.24) is 0 Å². The second-order valence-electron chi connectivity index (χ2n) is 3.84. The molecule has 0 unspecified atom stereocenters. The number of benzene rings is 2. The number of hydrogen-bond acceptors (Lipinski definition) is 2. The zero-order valence-corrected chi connectivity index (χ0v) is 10.9. The van der Waals surface area contributed by atoms with Gasteiger partial charge in [-0.25, -0.2) is 0 Å². The first-order chi connectivity index (χ1) is 7.70. The zero-order chi connectivity index (χ0) is 11.5. The lowest BCUT2D eigenvalue weighted by Crippen LogP contribution is -1.98. The minimum absolute atomic E-state index is 0.322. The van der Waals surface area contributed by atoms with E-state index in [4.69, 9.17) is 0 Å². The molecule has 0 fully saturated rings. The molecule has 0 saturated carbocycles. The molecule has 0 aliphatic rings. The zero-order valence-electron chi connectivity index (χ0n) is 9.09. The largest absolute Gasteiger partial charge is 0.143 e. The lowest BCUT2D eigenvalue weighted by atomic mass is 9.93. The molecule has 0 aromatic heterocycles. The molecule has 0 saturated heterocycles. The Morgan fingerprint density at radius 2 is 1.12 bits per heavy atom. The Kier molecular flexibility index (Phi) is 3.62. The van der Waals surface area contributed by atoms with Crippen molar-refractivity contribution in [3.05, 3.63) is 59.7 Å². The van der Waals surface area contributed by atoms with E-state index in [2.05, 4.69) is 44.3 Å². The molecule has 0 amide bonds. The van der Waals surface area contributed by atoms with Crippen LogP contribution in [0.4, 0.5) is 0 Å². The highest BCUT2D eigenvalue weighted by molar-refractivity contribution is 7.80. The Hall–Kier alpha value is -0.860. The van der Waals surface area contributed by atoms with Crippen molar-refractivity contribution >= 4 is 25.3 Å². The first-order valence-electron chi connectivity index (χ1n) is 5.26. The highest BCUT2D eigenvalue weighted by atomic mass is 32.1. The van der Waals surface area contributed by atoms with Gasteiger partial charge >= 0.3 is 0 Å². The second kappa shape index (κ2) is 4.98. The van der Waals surface area contributed by atoms with E-state index in [0.717, 1.165) is 9.79 Å². The minimum Gasteiger partial charge on any atom is -0.143 e. The molecule has 0 heterocycles. The lowest BCUT2D eigenvalue weighted by Gasteiger charge is -2.16. The fourth-order valence-electron chi connectivity index (χ4n) is 1.87. The van der Waals surface area contributed by atoms with Crippen molar-refractivity contribution in [1.29, 1.82) is 0 Å². The first kappa shape index (κ1) is 11.6. The molecule has 0 N–H and O–H groups in total. The van der Waals surface area contributed by atoms with Crippen LogP contribution in [0.15, 0.2) is 58.3 Å². The van der Waals surface area contributed by atoms with Crippen LogP contribution in [0.25, 0.3) is 0 Å². The van der Waals surface area contributed by atoms with Gasteiger partial charge in [0.2, 0.25) is 0 Å². The van der Waals surface area contributed by atoms with E-state index < -0.39 is 0 Å². The van der Waals surface area contributed by atoms with Crippen molar-refractivity contribution in [3.63, 3.8) is 0 Å². The molecule has 2 aromatic rings. The summed E-state index contributed by atoms with van der Waals surface area (Å²) in [6, 6.07) is 16.4. The fraction of sp³-hybridized carbons (Fsp3) is 0.143. The van der Waals surface area contributed by atoms with Crippen molar-refractivity contribution in [3.8, 4) is 0 Å². The quantitative estimate of drug-likeness (QED) is 0.720. The Morgan fingerprint density at radius 1 is 0.750 bits per heavy atom. The molecule has 2 rings (SSSR count). The molecule has 0 atom stereocenters. The summed E-state index contributed by atoms with van der Waals surface area (Å²) >= 11 is 8.99. The second-order valence-corrected chi connectivity index (χ2v) is 4.80. The lowest BCUT2D eigenvalue weighted by molar-refractivity contribution is 0.872. The van der Waals surface area contributed by atoms with Crippen molar-refractivity contribution < 1.29 is 0 Å². The van der Waals surface area contributed by atoms with Gasteiger partial charge < -0.3 is 0 Å². The Labute approximate surface area is 108 Å². The van der Waals surface area contributed by atoms with Crippen LogP contribution in [0.5, 0.6) is 0 Å². The van der Waals surface area contributed by atoms with Crippen LogP contribution in [0.3, 0.4) is 0 Å². The Morgan fingerprint density at radius 3 is 1.50 bits per heavy atom. The highest BCUT2D eigenvalue weighted by Gasteiger charge is 2.12. The predicted octanol–water partition coefficient (Wildman–Crippen LogP) is 4.42. The maximum absolute atomic E-state index is 4.50. The van der Waals surface area contributed by atoms with Crippen LogP contribution < -0.4 is 0 Å². The predicted molar refractivity (Wildman–Crippen MR) is 74.9 cm³/mol. The molecule has 0 aliphatic heterocycles. The summed E-state index contributed by atoms with van der Waals surface area (Å²) in [6.45, 7) is 2.18. The van der Waals surface area contributed by atoms with E-state index in [1.165, 1.54) is 11.1 Å². The molecule has 0 bridgehead atoms. The summed E-state index contributed by atoms with van der Waals surface area (Å²) < 4.78 is 0. The van der Waals surface area contributed by atoms with E-state index in [1.807, 2.05) is 36.4 Å². The van der Waals surface area contributed by atoms with Crippen LogP contribution >= 0.6 is 25.3 Å². The van der Waals surface area contributed by atoms with Crippen LogP contribution in [0.2, 0.25) is 0 Å². The summed E-state index contributed by atoms with van der Waals surface area (Å²) in [5.41, 5.74) is 2.49.